The first-order valence-electron chi connectivity index (χ1n) is 8.15. The first-order chi connectivity index (χ1) is 9.66. The van der Waals surface area contributed by atoms with E-state index in [-0.39, 0.29) is 5.41 Å². The van der Waals surface area contributed by atoms with Crippen molar-refractivity contribution in [3.05, 3.63) is 24.3 Å². The lowest BCUT2D eigenvalue weighted by atomic mass is 10.0. The largest absolute Gasteiger partial charge is 0.306 e. The van der Waals surface area contributed by atoms with Crippen molar-refractivity contribution in [2.45, 2.75) is 52.4 Å². The Balaban J connectivity index is 2.38. The molecule has 2 unspecified atom stereocenters. The monoisotopic (exact) mass is 273 g/mol. The fraction of sp³-hybridized carbons (Fsp3) is 0.684. The summed E-state index contributed by atoms with van der Waals surface area (Å²) < 4.78 is 0. The third kappa shape index (κ3) is 4.00. The topological polar surface area (TPSA) is 3.24 Å². The Morgan fingerprint density at radius 3 is 2.55 bits per heavy atom. The molecule has 0 N–H and O–H groups in total. The standard InChI is InChI=1S/C19H31N/c1-6-10-11-12-13-15-20(5)16-18-17(14-7-2)19(18,8-3)9-4/h3,7,14,18H,2,6,9-13,15-16H2,1,4-5H3. The van der Waals surface area contributed by atoms with Gasteiger partial charge in [0.15, 0.2) is 0 Å². The summed E-state index contributed by atoms with van der Waals surface area (Å²) in [6.07, 6.45) is 17.5. The molecule has 1 saturated carbocycles. The zero-order chi connectivity index (χ0) is 15.0. The van der Waals surface area contributed by atoms with Crippen molar-refractivity contribution < 1.29 is 0 Å². The summed E-state index contributed by atoms with van der Waals surface area (Å²) in [6.45, 7) is 10.5. The lowest BCUT2D eigenvalue weighted by Crippen LogP contribution is -2.24. The molecule has 1 heteroatoms. The quantitative estimate of drug-likeness (QED) is 0.413. The van der Waals surface area contributed by atoms with Crippen molar-refractivity contribution in [1.82, 2.24) is 4.90 Å². The first-order valence-corrected chi connectivity index (χ1v) is 8.15. The van der Waals surface area contributed by atoms with Crippen molar-refractivity contribution in [2.75, 3.05) is 20.1 Å². The molecule has 1 aliphatic carbocycles. The molecule has 0 heterocycles. The summed E-state index contributed by atoms with van der Waals surface area (Å²) in [6, 6.07) is 0. The van der Waals surface area contributed by atoms with E-state index in [1.165, 1.54) is 44.2 Å². The number of hydrogen-bond acceptors (Lipinski definition) is 1. The van der Waals surface area contributed by atoms with Gasteiger partial charge < -0.3 is 4.90 Å². The zero-order valence-corrected chi connectivity index (χ0v) is 13.6. The fourth-order valence-corrected chi connectivity index (χ4v) is 3.24. The Morgan fingerprint density at radius 1 is 1.30 bits per heavy atom. The third-order valence-corrected chi connectivity index (χ3v) is 4.65. The minimum atomic E-state index is 0.0185. The van der Waals surface area contributed by atoms with Crippen molar-refractivity contribution in [3.8, 4) is 12.3 Å². The molecule has 0 spiro atoms. The maximum Gasteiger partial charge on any atom is 0.0602 e. The second-order valence-electron chi connectivity index (χ2n) is 6.06. The van der Waals surface area contributed by atoms with Gasteiger partial charge >= 0.3 is 0 Å². The Morgan fingerprint density at radius 2 is 2.00 bits per heavy atom. The van der Waals surface area contributed by atoms with Gasteiger partial charge in [-0.15, -0.1) is 6.42 Å². The summed E-state index contributed by atoms with van der Waals surface area (Å²) in [7, 11) is 2.22. The van der Waals surface area contributed by atoms with E-state index in [9.17, 15) is 0 Å². The summed E-state index contributed by atoms with van der Waals surface area (Å²) in [5.74, 6) is 3.57. The van der Waals surface area contributed by atoms with E-state index in [4.69, 9.17) is 6.42 Å². The van der Waals surface area contributed by atoms with E-state index >= 15 is 0 Å². The van der Waals surface area contributed by atoms with Crippen LogP contribution in [-0.4, -0.2) is 25.0 Å². The molecule has 1 nitrogen and oxygen atoms in total. The van der Waals surface area contributed by atoms with Gasteiger partial charge in [-0.05, 0) is 32.0 Å². The van der Waals surface area contributed by atoms with Gasteiger partial charge in [0.05, 0.1) is 5.41 Å². The van der Waals surface area contributed by atoms with Gasteiger partial charge in [-0.2, -0.15) is 0 Å². The highest BCUT2D eigenvalue weighted by atomic mass is 15.1. The van der Waals surface area contributed by atoms with Crippen LogP contribution in [-0.2, 0) is 0 Å². The molecule has 1 aliphatic rings. The van der Waals surface area contributed by atoms with Crippen LogP contribution < -0.4 is 0 Å². The van der Waals surface area contributed by atoms with Crippen molar-refractivity contribution in [1.29, 1.82) is 0 Å². The maximum atomic E-state index is 5.78. The molecule has 0 aromatic heterocycles. The third-order valence-electron chi connectivity index (χ3n) is 4.65. The fourth-order valence-electron chi connectivity index (χ4n) is 3.24. The van der Waals surface area contributed by atoms with Gasteiger partial charge in [0, 0.05) is 12.5 Å². The van der Waals surface area contributed by atoms with Gasteiger partial charge in [0.1, 0.15) is 0 Å². The van der Waals surface area contributed by atoms with Crippen LogP contribution in [0.25, 0.3) is 0 Å². The summed E-state index contributed by atoms with van der Waals surface area (Å²) in [5, 5.41) is 0. The molecule has 0 amide bonds. The van der Waals surface area contributed by atoms with Crippen molar-refractivity contribution >= 4 is 0 Å². The van der Waals surface area contributed by atoms with E-state index in [2.05, 4.69) is 44.4 Å². The van der Waals surface area contributed by atoms with Crippen molar-refractivity contribution in [2.24, 2.45) is 11.3 Å². The number of nitrogens with zero attached hydrogens (tertiary/aromatic N) is 1. The Labute approximate surface area is 126 Å². The van der Waals surface area contributed by atoms with Gasteiger partial charge in [-0.25, -0.2) is 0 Å². The molecule has 1 rings (SSSR count). The van der Waals surface area contributed by atoms with Crippen LogP contribution in [0.5, 0.6) is 0 Å². The molecule has 20 heavy (non-hydrogen) atoms. The molecule has 0 radical (unpaired) electrons. The number of hydrogen-bond donors (Lipinski definition) is 0. The zero-order valence-electron chi connectivity index (χ0n) is 13.6. The summed E-state index contributed by atoms with van der Waals surface area (Å²) in [4.78, 5) is 2.45. The molecule has 0 bridgehead atoms. The van der Waals surface area contributed by atoms with Crippen LogP contribution in [0, 0.1) is 23.7 Å². The van der Waals surface area contributed by atoms with Crippen LogP contribution >= 0.6 is 0 Å². The molecule has 0 aromatic rings. The van der Waals surface area contributed by atoms with E-state index in [1.54, 1.807) is 0 Å². The smallest absolute Gasteiger partial charge is 0.0602 e. The molecule has 1 fully saturated rings. The number of allylic oxidation sites excluding steroid dienone is 2. The lowest BCUT2D eigenvalue weighted by Gasteiger charge is -2.17. The van der Waals surface area contributed by atoms with Crippen LogP contribution in [0.2, 0.25) is 0 Å². The second kappa shape index (κ2) is 8.32. The van der Waals surface area contributed by atoms with E-state index in [0.29, 0.717) is 5.92 Å². The SMILES string of the molecule is C#CC1(CC)C(=CC=C)C1CN(C)CCCCCCC. The Kier molecular flexibility index (Phi) is 7.10. The van der Waals surface area contributed by atoms with Crippen LogP contribution in [0.15, 0.2) is 24.3 Å². The predicted octanol–water partition coefficient (Wildman–Crippen LogP) is 4.66. The van der Waals surface area contributed by atoms with Gasteiger partial charge in [-0.3, -0.25) is 0 Å². The van der Waals surface area contributed by atoms with E-state index in [1.807, 2.05) is 6.08 Å². The molecular weight excluding hydrogens is 242 g/mol. The first kappa shape index (κ1) is 17.1. The van der Waals surface area contributed by atoms with Crippen LogP contribution in [0.1, 0.15) is 52.4 Å². The lowest BCUT2D eigenvalue weighted by molar-refractivity contribution is 0.298. The second-order valence-corrected chi connectivity index (χ2v) is 6.06. The number of terminal acetylenes is 1. The molecular formula is C19H31N. The van der Waals surface area contributed by atoms with E-state index in [0.717, 1.165) is 13.0 Å². The van der Waals surface area contributed by atoms with Crippen LogP contribution in [0.4, 0.5) is 0 Å². The highest BCUT2D eigenvalue weighted by molar-refractivity contribution is 5.48. The average molecular weight is 273 g/mol. The summed E-state index contributed by atoms with van der Waals surface area (Å²) >= 11 is 0. The normalized spacial score (nSPS) is 26.8. The van der Waals surface area contributed by atoms with Gasteiger partial charge in [0.25, 0.3) is 0 Å². The molecule has 0 saturated heterocycles. The molecule has 2 atom stereocenters. The Bertz CT molecular complexity index is 374. The highest BCUT2D eigenvalue weighted by Gasteiger charge is 2.56. The van der Waals surface area contributed by atoms with E-state index < -0.39 is 0 Å². The maximum absolute atomic E-state index is 5.78. The molecule has 0 aromatic carbocycles. The number of rotatable bonds is 10. The minimum absolute atomic E-state index is 0.0185. The average Bonchev–Trinajstić information content (AvgIpc) is 3.05. The number of unbranched alkanes of at least 4 members (excludes halogenated alkanes) is 4. The van der Waals surface area contributed by atoms with Gasteiger partial charge in [-0.1, -0.05) is 64.2 Å². The summed E-state index contributed by atoms with van der Waals surface area (Å²) in [5.41, 5.74) is 1.43. The predicted molar refractivity (Wildman–Crippen MR) is 89.6 cm³/mol. The van der Waals surface area contributed by atoms with Crippen LogP contribution in [0.3, 0.4) is 0 Å². The van der Waals surface area contributed by atoms with Gasteiger partial charge in [0.2, 0.25) is 0 Å². The molecule has 0 aliphatic heterocycles. The van der Waals surface area contributed by atoms with Crippen molar-refractivity contribution in [3.63, 3.8) is 0 Å². The molecule has 112 valence electrons. The Hall–Kier alpha value is -1.00. The minimum Gasteiger partial charge on any atom is -0.306 e. The highest BCUT2D eigenvalue weighted by Crippen LogP contribution is 2.60.